The molecule has 0 saturated heterocycles. The topological polar surface area (TPSA) is 49.3 Å². The van der Waals surface area contributed by atoms with E-state index in [0.29, 0.717) is 6.42 Å². The van der Waals surface area contributed by atoms with Gasteiger partial charge < -0.3 is 10.4 Å². The van der Waals surface area contributed by atoms with E-state index in [2.05, 4.69) is 24.4 Å². The molecule has 3 nitrogen and oxygen atoms in total. The molecule has 3 heteroatoms. The molecule has 0 aromatic heterocycles. The number of aryl methyl sites for hydroxylation is 1. The Kier molecular flexibility index (Phi) is 5.13. The zero-order valence-corrected chi connectivity index (χ0v) is 11.8. The molecule has 0 spiro atoms. The van der Waals surface area contributed by atoms with Crippen molar-refractivity contribution in [3.05, 3.63) is 53.6 Å². The Balaban J connectivity index is 1.75. The second-order valence-corrected chi connectivity index (χ2v) is 5.25. The Hall–Kier alpha value is -1.87. The first-order chi connectivity index (χ1) is 9.67. The Morgan fingerprint density at radius 2 is 2.10 bits per heavy atom. The molecule has 0 aliphatic heterocycles. The van der Waals surface area contributed by atoms with Crippen LogP contribution < -0.4 is 5.32 Å². The van der Waals surface area contributed by atoms with Crippen LogP contribution in [0.3, 0.4) is 0 Å². The number of hydrogen-bond donors (Lipinski definition) is 2. The van der Waals surface area contributed by atoms with Crippen molar-refractivity contribution in [2.45, 2.75) is 25.8 Å². The molecule has 20 heavy (non-hydrogen) atoms. The summed E-state index contributed by atoms with van der Waals surface area (Å²) in [7, 11) is 0. The molecular formula is C17H21NO2. The molecule has 0 saturated carbocycles. The van der Waals surface area contributed by atoms with Gasteiger partial charge in [0.2, 0.25) is 5.91 Å². The smallest absolute Gasteiger partial charge is 0.224 e. The molecule has 1 aromatic rings. The minimum absolute atomic E-state index is 0.0154. The van der Waals surface area contributed by atoms with E-state index in [1.807, 2.05) is 36.4 Å². The van der Waals surface area contributed by atoms with Gasteiger partial charge >= 0.3 is 0 Å². The van der Waals surface area contributed by atoms with E-state index >= 15 is 0 Å². The highest BCUT2D eigenvalue weighted by atomic mass is 16.3. The maximum Gasteiger partial charge on any atom is 0.224 e. The maximum atomic E-state index is 11.8. The second-order valence-electron chi connectivity index (χ2n) is 5.25. The summed E-state index contributed by atoms with van der Waals surface area (Å²) in [6.45, 7) is 2.20. The zero-order valence-electron chi connectivity index (χ0n) is 11.8. The van der Waals surface area contributed by atoms with Crippen LogP contribution >= 0.6 is 0 Å². The van der Waals surface area contributed by atoms with Crippen LogP contribution in [0.15, 0.2) is 42.5 Å². The molecule has 2 rings (SSSR count). The molecule has 0 unspecified atom stereocenters. The maximum absolute atomic E-state index is 11.8. The van der Waals surface area contributed by atoms with Gasteiger partial charge in [0, 0.05) is 25.0 Å². The Labute approximate surface area is 120 Å². The van der Waals surface area contributed by atoms with E-state index < -0.39 is 0 Å². The highest BCUT2D eigenvalue weighted by Crippen LogP contribution is 2.17. The summed E-state index contributed by atoms with van der Waals surface area (Å²) in [6, 6.07) is 8.24. The number of nitrogens with one attached hydrogen (secondary N) is 1. The summed E-state index contributed by atoms with van der Waals surface area (Å²) in [4.78, 5) is 11.8. The Morgan fingerprint density at radius 3 is 2.75 bits per heavy atom. The molecule has 2 N–H and O–H groups in total. The number of carbonyl (C=O) groups excluding carboxylic acids is 1. The molecule has 2 atom stereocenters. The third-order valence-electron chi connectivity index (χ3n) is 3.44. The minimum Gasteiger partial charge on any atom is -0.396 e. The third kappa shape index (κ3) is 4.35. The highest BCUT2D eigenvalue weighted by molar-refractivity contribution is 5.79. The fraction of sp³-hybridized carbons (Fsp3) is 0.353. The molecule has 1 aliphatic rings. The lowest BCUT2D eigenvalue weighted by Gasteiger charge is -2.11. The minimum atomic E-state index is 0.0154. The predicted octanol–water partition coefficient (Wildman–Crippen LogP) is 2.45. The van der Waals surface area contributed by atoms with Gasteiger partial charge in [0.1, 0.15) is 0 Å². The zero-order chi connectivity index (χ0) is 14.4. The number of benzene rings is 1. The van der Waals surface area contributed by atoms with Crippen molar-refractivity contribution in [1.82, 2.24) is 5.32 Å². The molecule has 1 aliphatic carbocycles. The van der Waals surface area contributed by atoms with Gasteiger partial charge in [0.05, 0.1) is 0 Å². The van der Waals surface area contributed by atoms with Crippen LogP contribution in [0, 0.1) is 12.8 Å². The molecule has 0 radical (unpaired) electrons. The summed E-state index contributed by atoms with van der Waals surface area (Å²) >= 11 is 0. The van der Waals surface area contributed by atoms with E-state index in [4.69, 9.17) is 5.11 Å². The predicted molar refractivity (Wildman–Crippen MR) is 81.1 cm³/mol. The van der Waals surface area contributed by atoms with Gasteiger partial charge in [0.15, 0.2) is 0 Å². The van der Waals surface area contributed by atoms with Crippen molar-refractivity contribution in [2.24, 2.45) is 5.92 Å². The lowest BCUT2D eigenvalue weighted by Crippen LogP contribution is -2.32. The molecule has 0 bridgehead atoms. The van der Waals surface area contributed by atoms with Gasteiger partial charge in [-0.15, -0.1) is 0 Å². The quantitative estimate of drug-likeness (QED) is 0.808. The average molecular weight is 271 g/mol. The fourth-order valence-electron chi connectivity index (χ4n) is 2.26. The Bertz CT molecular complexity index is 502. The molecule has 0 fully saturated rings. The van der Waals surface area contributed by atoms with E-state index in [9.17, 15) is 4.79 Å². The van der Waals surface area contributed by atoms with Gasteiger partial charge in [-0.1, -0.05) is 54.1 Å². The van der Waals surface area contributed by atoms with Crippen molar-refractivity contribution in [3.63, 3.8) is 0 Å². The van der Waals surface area contributed by atoms with Crippen molar-refractivity contribution < 1.29 is 9.90 Å². The van der Waals surface area contributed by atoms with E-state index in [1.54, 1.807) is 0 Å². The largest absolute Gasteiger partial charge is 0.396 e. The van der Waals surface area contributed by atoms with Gasteiger partial charge in [-0.05, 0) is 18.9 Å². The van der Waals surface area contributed by atoms with Crippen LogP contribution in [0.4, 0.5) is 0 Å². The molecular weight excluding hydrogens is 250 g/mol. The van der Waals surface area contributed by atoms with E-state index in [0.717, 1.165) is 12.0 Å². The fourth-order valence-corrected chi connectivity index (χ4v) is 2.26. The molecule has 0 heterocycles. The number of rotatable bonds is 5. The lowest BCUT2D eigenvalue weighted by atomic mass is 10.1. The number of hydrogen-bond acceptors (Lipinski definition) is 2. The van der Waals surface area contributed by atoms with E-state index in [1.165, 1.54) is 5.56 Å². The first-order valence-electron chi connectivity index (χ1n) is 6.99. The normalized spacial score (nSPS) is 21.5. The number of aliphatic hydroxyl groups excluding tert-OH is 1. The van der Waals surface area contributed by atoms with Crippen LogP contribution in [0.25, 0.3) is 6.08 Å². The first-order valence-corrected chi connectivity index (χ1v) is 6.99. The molecule has 1 aromatic carbocycles. The van der Waals surface area contributed by atoms with E-state index in [-0.39, 0.29) is 24.5 Å². The summed E-state index contributed by atoms with van der Waals surface area (Å²) in [5.74, 6) is 0.199. The van der Waals surface area contributed by atoms with Crippen molar-refractivity contribution >= 4 is 12.0 Å². The highest BCUT2D eigenvalue weighted by Gasteiger charge is 2.18. The van der Waals surface area contributed by atoms with Crippen LogP contribution in [-0.4, -0.2) is 23.7 Å². The van der Waals surface area contributed by atoms with Crippen LogP contribution in [-0.2, 0) is 4.79 Å². The lowest BCUT2D eigenvalue weighted by molar-refractivity contribution is -0.120. The van der Waals surface area contributed by atoms with Gasteiger partial charge in [-0.3, -0.25) is 4.79 Å². The van der Waals surface area contributed by atoms with Crippen LogP contribution in [0.2, 0.25) is 0 Å². The Morgan fingerprint density at radius 1 is 1.35 bits per heavy atom. The van der Waals surface area contributed by atoms with Crippen molar-refractivity contribution in [1.29, 1.82) is 0 Å². The number of amides is 1. The standard InChI is InChI=1S/C17H21NO2/c1-13-5-7-14(8-6-13)3-2-4-17(20)18-16-10-9-15(11-16)12-19/h2-3,5-10,15-16,19H,4,11-12H2,1H3,(H,18,20)/t15-,16+/m0/s1. The molecule has 106 valence electrons. The molecule has 1 amide bonds. The van der Waals surface area contributed by atoms with Gasteiger partial charge in [0.25, 0.3) is 0 Å². The monoisotopic (exact) mass is 271 g/mol. The summed E-state index contributed by atoms with van der Waals surface area (Å²) in [6.07, 6.45) is 8.93. The third-order valence-corrected chi connectivity index (χ3v) is 3.44. The van der Waals surface area contributed by atoms with Crippen molar-refractivity contribution in [3.8, 4) is 0 Å². The summed E-state index contributed by atoms with van der Waals surface area (Å²) in [5, 5.41) is 12.0. The SMILES string of the molecule is Cc1ccc(C=CCC(=O)N[C@@H]2C=C[C@H](CO)C2)cc1. The number of aliphatic hydroxyl groups is 1. The average Bonchev–Trinajstić information content (AvgIpc) is 2.88. The van der Waals surface area contributed by atoms with Crippen LogP contribution in [0.5, 0.6) is 0 Å². The second kappa shape index (κ2) is 7.06. The van der Waals surface area contributed by atoms with Gasteiger partial charge in [-0.2, -0.15) is 0 Å². The first kappa shape index (κ1) is 14.5. The van der Waals surface area contributed by atoms with Crippen LogP contribution in [0.1, 0.15) is 24.0 Å². The summed E-state index contributed by atoms with van der Waals surface area (Å²) < 4.78 is 0. The van der Waals surface area contributed by atoms with Crippen molar-refractivity contribution in [2.75, 3.05) is 6.61 Å². The number of carbonyl (C=O) groups is 1. The summed E-state index contributed by atoms with van der Waals surface area (Å²) in [5.41, 5.74) is 2.33. The van der Waals surface area contributed by atoms with Gasteiger partial charge in [-0.25, -0.2) is 0 Å².